The number of hydrogen-bond acceptors (Lipinski definition) is 3. The predicted octanol–water partition coefficient (Wildman–Crippen LogP) is 5.11. The van der Waals surface area contributed by atoms with Crippen LogP contribution in [0.5, 0.6) is 0 Å². The summed E-state index contributed by atoms with van der Waals surface area (Å²) in [6.07, 6.45) is 3.71. The van der Waals surface area contributed by atoms with E-state index in [0.717, 1.165) is 55.4 Å². The number of hydrogen-bond donors (Lipinski definition) is 3. The minimum Gasteiger partial charge on any atom is -0.384 e. The van der Waals surface area contributed by atoms with Gasteiger partial charge in [-0.15, -0.1) is 0 Å². The zero-order chi connectivity index (χ0) is 21.1. The average molecular weight is 411 g/mol. The van der Waals surface area contributed by atoms with E-state index in [-0.39, 0.29) is 5.69 Å². The summed E-state index contributed by atoms with van der Waals surface area (Å²) in [5, 5.41) is 13.0. The summed E-state index contributed by atoms with van der Waals surface area (Å²) in [5.41, 5.74) is 3.74. The van der Waals surface area contributed by atoms with Crippen LogP contribution >= 0.6 is 0 Å². The lowest BCUT2D eigenvalue weighted by Gasteiger charge is -2.11. The third kappa shape index (κ3) is 4.12. The van der Waals surface area contributed by atoms with Gasteiger partial charge in [-0.25, -0.2) is 18.3 Å². The third-order valence-electron chi connectivity index (χ3n) is 5.03. The van der Waals surface area contributed by atoms with E-state index in [0.29, 0.717) is 5.82 Å². The molecule has 30 heavy (non-hydrogen) atoms. The molecule has 3 N–H and O–H groups in total. The van der Waals surface area contributed by atoms with E-state index < -0.39 is 17.7 Å². The largest absolute Gasteiger partial charge is 0.384 e. The number of nitrogens with one attached hydrogen (secondary N) is 3. The number of fused-ring (bicyclic) bond motifs is 1. The molecule has 156 valence electrons. The van der Waals surface area contributed by atoms with Gasteiger partial charge in [0.1, 0.15) is 5.82 Å². The molecule has 3 aromatic rings. The van der Waals surface area contributed by atoms with Crippen molar-refractivity contribution >= 4 is 23.2 Å². The quantitative estimate of drug-likeness (QED) is 0.528. The summed E-state index contributed by atoms with van der Waals surface area (Å²) in [6.45, 7) is 3.00. The summed E-state index contributed by atoms with van der Waals surface area (Å²) >= 11 is 0. The Morgan fingerprint density at radius 3 is 2.90 bits per heavy atom. The van der Waals surface area contributed by atoms with E-state index in [1.807, 2.05) is 24.3 Å². The smallest absolute Gasteiger partial charge is 0.324 e. The molecule has 2 amide bonds. The molecule has 1 aromatic heterocycles. The van der Waals surface area contributed by atoms with Crippen LogP contribution in [0.4, 0.5) is 30.8 Å². The molecule has 0 aliphatic carbocycles. The van der Waals surface area contributed by atoms with Gasteiger partial charge < -0.3 is 10.6 Å². The fraction of sp³-hybridized carbons (Fsp3) is 0.273. The van der Waals surface area contributed by atoms with Gasteiger partial charge in [0.05, 0.1) is 17.1 Å². The first-order valence-corrected chi connectivity index (χ1v) is 10.0. The molecule has 0 spiro atoms. The molecule has 0 radical (unpaired) electrons. The first-order valence-electron chi connectivity index (χ1n) is 10.0. The van der Waals surface area contributed by atoms with Gasteiger partial charge in [-0.1, -0.05) is 19.4 Å². The van der Waals surface area contributed by atoms with Crippen LogP contribution < -0.4 is 16.0 Å². The fourth-order valence-corrected chi connectivity index (χ4v) is 3.49. The van der Waals surface area contributed by atoms with E-state index in [1.54, 1.807) is 4.68 Å². The molecule has 8 heteroatoms. The molecule has 6 nitrogen and oxygen atoms in total. The van der Waals surface area contributed by atoms with Crippen molar-refractivity contribution in [3.8, 4) is 5.69 Å². The molecule has 0 saturated heterocycles. The molecular formula is C22H23F2N5O. The van der Waals surface area contributed by atoms with Crippen LogP contribution in [0.15, 0.2) is 42.5 Å². The van der Waals surface area contributed by atoms with Crippen molar-refractivity contribution < 1.29 is 13.6 Å². The Morgan fingerprint density at radius 2 is 2.07 bits per heavy atom. The van der Waals surface area contributed by atoms with Crippen molar-refractivity contribution in [2.24, 2.45) is 0 Å². The SMILES string of the molecule is CCCCc1cc(NC(=O)Nc2cccc(F)c2F)n(-c2ccc3c(c2)CCN3)n1. The van der Waals surface area contributed by atoms with Gasteiger partial charge in [0, 0.05) is 18.3 Å². The topological polar surface area (TPSA) is 71.0 Å². The van der Waals surface area contributed by atoms with Crippen molar-refractivity contribution in [1.29, 1.82) is 0 Å². The van der Waals surface area contributed by atoms with Gasteiger partial charge in [-0.2, -0.15) is 5.10 Å². The van der Waals surface area contributed by atoms with Crippen molar-refractivity contribution in [1.82, 2.24) is 9.78 Å². The summed E-state index contributed by atoms with van der Waals surface area (Å²) in [7, 11) is 0. The summed E-state index contributed by atoms with van der Waals surface area (Å²) < 4.78 is 29.0. The molecule has 0 unspecified atom stereocenters. The van der Waals surface area contributed by atoms with E-state index in [2.05, 4.69) is 28.0 Å². The number of unbranched alkanes of at least 4 members (excludes halogenated alkanes) is 1. The number of anilines is 3. The number of benzene rings is 2. The van der Waals surface area contributed by atoms with Crippen LogP contribution in [0.2, 0.25) is 0 Å². The van der Waals surface area contributed by atoms with Crippen molar-refractivity contribution in [3.05, 3.63) is 65.4 Å². The molecule has 1 aliphatic rings. The van der Waals surface area contributed by atoms with Gasteiger partial charge in [0.2, 0.25) is 0 Å². The van der Waals surface area contributed by atoms with Gasteiger partial charge in [-0.3, -0.25) is 5.32 Å². The minimum atomic E-state index is -1.10. The maximum atomic E-state index is 13.9. The molecule has 2 aromatic carbocycles. The number of nitrogens with zero attached hydrogens (tertiary/aromatic N) is 2. The van der Waals surface area contributed by atoms with Gasteiger partial charge in [0.25, 0.3) is 0 Å². The Kier molecular flexibility index (Phi) is 5.65. The number of aromatic nitrogens is 2. The number of aryl methyl sites for hydroxylation is 1. The minimum absolute atomic E-state index is 0.228. The second-order valence-corrected chi connectivity index (χ2v) is 7.24. The molecule has 4 rings (SSSR count). The number of halogens is 2. The van der Waals surface area contributed by atoms with Crippen LogP contribution in [0.3, 0.4) is 0 Å². The van der Waals surface area contributed by atoms with Crippen LogP contribution in [0, 0.1) is 11.6 Å². The second kappa shape index (κ2) is 8.52. The highest BCUT2D eigenvalue weighted by Gasteiger charge is 2.17. The first kappa shape index (κ1) is 19.9. The second-order valence-electron chi connectivity index (χ2n) is 7.24. The normalized spacial score (nSPS) is 12.4. The molecule has 0 bridgehead atoms. The highest BCUT2D eigenvalue weighted by atomic mass is 19.2. The van der Waals surface area contributed by atoms with Crippen molar-refractivity contribution in [3.63, 3.8) is 0 Å². The van der Waals surface area contributed by atoms with E-state index in [4.69, 9.17) is 0 Å². The van der Waals surface area contributed by atoms with E-state index in [9.17, 15) is 13.6 Å². The summed E-state index contributed by atoms with van der Waals surface area (Å²) in [5.74, 6) is -1.66. The fourth-order valence-electron chi connectivity index (χ4n) is 3.49. The van der Waals surface area contributed by atoms with Crippen LogP contribution in [0.1, 0.15) is 31.0 Å². The number of urea groups is 1. The Labute approximate surface area is 173 Å². The molecule has 0 saturated carbocycles. The Morgan fingerprint density at radius 1 is 1.20 bits per heavy atom. The predicted molar refractivity (Wildman–Crippen MR) is 113 cm³/mol. The number of carbonyl (C=O) groups is 1. The zero-order valence-corrected chi connectivity index (χ0v) is 16.6. The molecule has 1 aliphatic heterocycles. The molecular weight excluding hydrogens is 388 g/mol. The van der Waals surface area contributed by atoms with Crippen molar-refractivity contribution in [2.75, 3.05) is 22.5 Å². The van der Waals surface area contributed by atoms with Gasteiger partial charge in [0.15, 0.2) is 11.6 Å². The summed E-state index contributed by atoms with van der Waals surface area (Å²) in [4.78, 5) is 12.5. The van der Waals surface area contributed by atoms with E-state index >= 15 is 0 Å². The van der Waals surface area contributed by atoms with Crippen LogP contribution in [0.25, 0.3) is 5.69 Å². The van der Waals surface area contributed by atoms with Crippen LogP contribution in [-0.2, 0) is 12.8 Å². The molecule has 0 fully saturated rings. The third-order valence-corrected chi connectivity index (χ3v) is 5.03. The monoisotopic (exact) mass is 411 g/mol. The zero-order valence-electron chi connectivity index (χ0n) is 16.6. The van der Waals surface area contributed by atoms with E-state index in [1.165, 1.54) is 17.7 Å². The maximum Gasteiger partial charge on any atom is 0.324 e. The number of rotatable bonds is 6. The standard InChI is InChI=1S/C22H23F2N5O/c1-2-3-5-15-13-20(27-22(30)26-19-7-4-6-17(23)21(19)24)29(28-15)16-8-9-18-14(12-16)10-11-25-18/h4,6-9,12-13,25H,2-3,5,10-11H2,1H3,(H2,26,27,30). The Hall–Kier alpha value is -3.42. The Balaban J connectivity index is 1.60. The summed E-state index contributed by atoms with van der Waals surface area (Å²) in [6, 6.07) is 10.7. The Bertz CT molecular complexity index is 1080. The lowest BCUT2D eigenvalue weighted by Crippen LogP contribution is -2.22. The average Bonchev–Trinajstić information content (AvgIpc) is 3.36. The number of carbonyl (C=O) groups excluding carboxylic acids is 1. The number of amides is 2. The lowest BCUT2D eigenvalue weighted by molar-refractivity contribution is 0.262. The van der Waals surface area contributed by atoms with Gasteiger partial charge >= 0.3 is 6.03 Å². The highest BCUT2D eigenvalue weighted by Crippen LogP contribution is 2.27. The van der Waals surface area contributed by atoms with Gasteiger partial charge in [-0.05, 0) is 55.2 Å². The highest BCUT2D eigenvalue weighted by molar-refractivity contribution is 5.99. The van der Waals surface area contributed by atoms with Crippen LogP contribution in [-0.4, -0.2) is 22.4 Å². The van der Waals surface area contributed by atoms with Crippen molar-refractivity contribution in [2.45, 2.75) is 32.6 Å². The first-order chi connectivity index (χ1) is 14.5. The lowest BCUT2D eigenvalue weighted by atomic mass is 10.1. The molecule has 0 atom stereocenters. The molecule has 2 heterocycles. The maximum absolute atomic E-state index is 13.9.